The molecule has 32 heavy (non-hydrogen) atoms. The number of nitrogens with one attached hydrogen (secondary N) is 3. The fourth-order valence-corrected chi connectivity index (χ4v) is 4.81. The maximum atomic E-state index is 12.5. The Balaban J connectivity index is 1.37. The van der Waals surface area contributed by atoms with Gasteiger partial charge in [0.2, 0.25) is 0 Å². The Kier molecular flexibility index (Phi) is 7.21. The van der Waals surface area contributed by atoms with Crippen molar-refractivity contribution in [2.45, 2.75) is 56.7 Å². The second-order valence-electron chi connectivity index (χ2n) is 8.65. The van der Waals surface area contributed by atoms with Crippen LogP contribution >= 0.6 is 0 Å². The lowest BCUT2D eigenvalue weighted by molar-refractivity contribution is 0.1000. The summed E-state index contributed by atoms with van der Waals surface area (Å²) >= 11 is 0. The lowest BCUT2D eigenvalue weighted by Gasteiger charge is -2.40. The number of carbonyl (C=O) groups is 2. The first-order chi connectivity index (χ1) is 15.6. The highest BCUT2D eigenvalue weighted by Crippen LogP contribution is 2.24. The van der Waals surface area contributed by atoms with Crippen LogP contribution in [0.5, 0.6) is 0 Å². The molecule has 1 saturated carbocycles. The summed E-state index contributed by atoms with van der Waals surface area (Å²) in [6.07, 6.45) is 8.01. The number of amides is 3. The van der Waals surface area contributed by atoms with Gasteiger partial charge in [-0.05, 0) is 49.9 Å². The Bertz CT molecular complexity index is 922. The van der Waals surface area contributed by atoms with E-state index in [1.165, 1.54) is 0 Å². The molecule has 3 amide bonds. The third-order valence-corrected chi connectivity index (χ3v) is 6.34. The van der Waals surface area contributed by atoms with E-state index in [1.54, 1.807) is 18.3 Å². The van der Waals surface area contributed by atoms with Crippen molar-refractivity contribution in [1.82, 2.24) is 15.6 Å². The summed E-state index contributed by atoms with van der Waals surface area (Å²) in [6.45, 7) is 1.61. The molecule has 5 N–H and O–H groups in total. The van der Waals surface area contributed by atoms with Crippen LogP contribution in [0.25, 0.3) is 0 Å². The number of pyridine rings is 1. The maximum absolute atomic E-state index is 12.5. The van der Waals surface area contributed by atoms with Gasteiger partial charge >= 0.3 is 6.03 Å². The molecule has 0 unspecified atom stereocenters. The average molecular weight is 437 g/mol. The molecule has 4 rings (SSSR count). The molecular formula is C24H32N6O2. The van der Waals surface area contributed by atoms with Crippen molar-refractivity contribution in [3.8, 4) is 0 Å². The minimum absolute atomic E-state index is 0.0823. The van der Waals surface area contributed by atoms with Crippen molar-refractivity contribution in [2.75, 3.05) is 23.3 Å². The standard InChI is InChI=1S/C24H32N6O2/c25-22(31)19-11-6-14-26-23(19)30-15-7-10-18(16-30)27-20-12-4-5-13-21(20)29-24(32)28-17-8-2-1-3-9-17/h1-3,6,8-9,11,14,18,20-21,27H,4-5,7,10,12-13,15-16H2,(H2,25,31)(H2,28,29,32)/t18-,20+,21+/m0/s1. The van der Waals surface area contributed by atoms with Crippen LogP contribution in [0.2, 0.25) is 0 Å². The van der Waals surface area contributed by atoms with Crippen molar-refractivity contribution < 1.29 is 9.59 Å². The first kappa shape index (κ1) is 22.1. The van der Waals surface area contributed by atoms with Gasteiger partial charge in [-0.3, -0.25) is 4.79 Å². The molecule has 2 fully saturated rings. The molecule has 2 aliphatic rings. The number of anilines is 2. The number of para-hydroxylation sites is 1. The van der Waals surface area contributed by atoms with E-state index in [0.717, 1.165) is 57.3 Å². The number of rotatable bonds is 6. The number of hydrogen-bond donors (Lipinski definition) is 4. The molecule has 1 aromatic carbocycles. The van der Waals surface area contributed by atoms with Gasteiger partial charge in [-0.2, -0.15) is 0 Å². The molecule has 1 aliphatic heterocycles. The Morgan fingerprint density at radius 1 is 0.969 bits per heavy atom. The van der Waals surface area contributed by atoms with E-state index >= 15 is 0 Å². The fourth-order valence-electron chi connectivity index (χ4n) is 4.81. The first-order valence-electron chi connectivity index (χ1n) is 11.5. The van der Waals surface area contributed by atoms with Gasteiger partial charge in [-0.25, -0.2) is 9.78 Å². The average Bonchev–Trinajstić information content (AvgIpc) is 2.81. The number of aromatic nitrogens is 1. The third-order valence-electron chi connectivity index (χ3n) is 6.34. The van der Waals surface area contributed by atoms with Crippen LogP contribution in [-0.4, -0.2) is 48.1 Å². The van der Waals surface area contributed by atoms with Gasteiger partial charge in [0.1, 0.15) is 5.82 Å². The van der Waals surface area contributed by atoms with Crippen LogP contribution in [-0.2, 0) is 0 Å². The molecule has 1 aromatic heterocycles. The summed E-state index contributed by atoms with van der Waals surface area (Å²) < 4.78 is 0. The predicted molar refractivity (Wildman–Crippen MR) is 126 cm³/mol. The van der Waals surface area contributed by atoms with Crippen LogP contribution < -0.4 is 26.6 Å². The van der Waals surface area contributed by atoms with Crippen LogP contribution in [0.4, 0.5) is 16.3 Å². The lowest BCUT2D eigenvalue weighted by atomic mass is 9.89. The largest absolute Gasteiger partial charge is 0.365 e. The highest BCUT2D eigenvalue weighted by molar-refractivity contribution is 5.97. The van der Waals surface area contributed by atoms with Gasteiger partial charge in [0.25, 0.3) is 5.91 Å². The SMILES string of the molecule is NC(=O)c1cccnc1N1CCC[C@H](N[C@@H]2CCCC[C@H]2NC(=O)Nc2ccccc2)C1. The van der Waals surface area contributed by atoms with Crippen LogP contribution in [0, 0.1) is 0 Å². The van der Waals surface area contributed by atoms with Gasteiger partial charge in [0.15, 0.2) is 0 Å². The van der Waals surface area contributed by atoms with E-state index in [-0.39, 0.29) is 24.2 Å². The number of nitrogens with two attached hydrogens (primary N) is 1. The summed E-state index contributed by atoms with van der Waals surface area (Å²) in [5, 5.41) is 9.89. The predicted octanol–water partition coefficient (Wildman–Crippen LogP) is 2.87. The fraction of sp³-hybridized carbons (Fsp3) is 0.458. The molecule has 8 nitrogen and oxygen atoms in total. The molecule has 3 atom stereocenters. The van der Waals surface area contributed by atoms with Crippen molar-refractivity contribution >= 4 is 23.4 Å². The van der Waals surface area contributed by atoms with Crippen molar-refractivity contribution in [3.05, 3.63) is 54.2 Å². The number of urea groups is 1. The number of hydrogen-bond acceptors (Lipinski definition) is 5. The minimum atomic E-state index is -0.454. The Morgan fingerprint density at radius 3 is 2.53 bits per heavy atom. The topological polar surface area (TPSA) is 112 Å². The number of carbonyl (C=O) groups excluding carboxylic acids is 2. The molecule has 170 valence electrons. The van der Waals surface area contributed by atoms with Gasteiger partial charge in [0.05, 0.1) is 5.56 Å². The van der Waals surface area contributed by atoms with E-state index in [1.807, 2.05) is 30.3 Å². The summed E-state index contributed by atoms with van der Waals surface area (Å²) in [5.74, 6) is 0.205. The summed E-state index contributed by atoms with van der Waals surface area (Å²) in [5.41, 5.74) is 6.80. The zero-order valence-corrected chi connectivity index (χ0v) is 18.3. The second kappa shape index (κ2) is 10.5. The van der Waals surface area contributed by atoms with Crippen LogP contribution in [0.1, 0.15) is 48.9 Å². The van der Waals surface area contributed by atoms with Crippen molar-refractivity contribution in [3.63, 3.8) is 0 Å². The highest BCUT2D eigenvalue weighted by Gasteiger charge is 2.31. The number of primary amides is 1. The van der Waals surface area contributed by atoms with Crippen molar-refractivity contribution in [2.24, 2.45) is 5.73 Å². The molecular weight excluding hydrogens is 404 g/mol. The molecule has 8 heteroatoms. The minimum Gasteiger partial charge on any atom is -0.365 e. The Morgan fingerprint density at radius 2 is 1.75 bits per heavy atom. The van der Waals surface area contributed by atoms with Gasteiger partial charge in [0, 0.05) is 43.1 Å². The quantitative estimate of drug-likeness (QED) is 0.556. The van der Waals surface area contributed by atoms with E-state index in [9.17, 15) is 9.59 Å². The smallest absolute Gasteiger partial charge is 0.319 e. The summed E-state index contributed by atoms with van der Waals surface area (Å²) in [7, 11) is 0. The molecule has 2 aromatic rings. The van der Waals surface area contributed by atoms with Crippen LogP contribution in [0.15, 0.2) is 48.7 Å². The normalized spacial score (nSPS) is 23.4. The van der Waals surface area contributed by atoms with Gasteiger partial charge < -0.3 is 26.6 Å². The third kappa shape index (κ3) is 5.56. The van der Waals surface area contributed by atoms with E-state index in [2.05, 4.69) is 25.8 Å². The number of piperidine rings is 1. The number of nitrogens with zero attached hydrogens (tertiary/aromatic N) is 2. The first-order valence-corrected chi connectivity index (χ1v) is 11.5. The van der Waals surface area contributed by atoms with Crippen molar-refractivity contribution in [1.29, 1.82) is 0 Å². The summed E-state index contributed by atoms with van der Waals surface area (Å²) in [6, 6.07) is 13.4. The monoisotopic (exact) mass is 436 g/mol. The Labute approximate surface area is 189 Å². The molecule has 2 heterocycles. The number of benzene rings is 1. The van der Waals surface area contributed by atoms with E-state index < -0.39 is 5.91 Å². The van der Waals surface area contributed by atoms with Gasteiger partial charge in [-0.15, -0.1) is 0 Å². The van der Waals surface area contributed by atoms with E-state index in [4.69, 9.17) is 5.73 Å². The maximum Gasteiger partial charge on any atom is 0.319 e. The molecule has 0 spiro atoms. The molecule has 0 radical (unpaired) electrons. The molecule has 1 saturated heterocycles. The van der Waals surface area contributed by atoms with Gasteiger partial charge in [-0.1, -0.05) is 31.0 Å². The summed E-state index contributed by atoms with van der Waals surface area (Å²) in [4.78, 5) is 31.0. The Hall–Kier alpha value is -3.13. The zero-order chi connectivity index (χ0) is 22.3. The van der Waals surface area contributed by atoms with Crippen LogP contribution in [0.3, 0.4) is 0 Å². The second-order valence-corrected chi connectivity index (χ2v) is 8.65. The highest BCUT2D eigenvalue weighted by atomic mass is 16.2. The molecule has 1 aliphatic carbocycles. The lowest BCUT2D eigenvalue weighted by Crippen LogP contribution is -2.58. The zero-order valence-electron chi connectivity index (χ0n) is 18.3. The van der Waals surface area contributed by atoms with E-state index in [0.29, 0.717) is 11.4 Å². The molecule has 0 bridgehead atoms.